The Balaban J connectivity index is 2.50. The van der Waals surface area contributed by atoms with Gasteiger partial charge in [-0.25, -0.2) is 0 Å². The fraction of sp³-hybridized carbons (Fsp3) is 0.793. The van der Waals surface area contributed by atoms with Crippen molar-refractivity contribution in [3.8, 4) is 5.75 Å². The van der Waals surface area contributed by atoms with Crippen LogP contribution in [0, 0.1) is 0 Å². The van der Waals surface area contributed by atoms with E-state index in [1.807, 2.05) is 12.1 Å². The van der Waals surface area contributed by atoms with Crippen molar-refractivity contribution in [1.82, 2.24) is 0 Å². The second-order valence-electron chi connectivity index (χ2n) is 9.60. The zero-order chi connectivity index (χ0) is 21.9. The van der Waals surface area contributed by atoms with Crippen molar-refractivity contribution < 1.29 is 5.11 Å². The Kier molecular flexibility index (Phi) is 15.9. The summed E-state index contributed by atoms with van der Waals surface area (Å²) in [5.74, 6) is 0.512. The van der Waals surface area contributed by atoms with Gasteiger partial charge in [-0.15, -0.1) is 0 Å². The minimum absolute atomic E-state index is 0.162. The Hall–Kier alpha value is -0.980. The van der Waals surface area contributed by atoms with Crippen molar-refractivity contribution in [2.75, 3.05) is 0 Å². The molecule has 0 heterocycles. The molecule has 0 radical (unpaired) electrons. The third-order valence-corrected chi connectivity index (χ3v) is 7.17. The van der Waals surface area contributed by atoms with Crippen LogP contribution in [0.2, 0.25) is 0 Å². The highest BCUT2D eigenvalue weighted by Crippen LogP contribution is 2.42. The summed E-state index contributed by atoms with van der Waals surface area (Å²) in [6.45, 7) is 6.91. The minimum Gasteiger partial charge on any atom is -0.508 e. The lowest BCUT2D eigenvalue weighted by atomic mass is 9.70. The third-order valence-electron chi connectivity index (χ3n) is 7.17. The zero-order valence-corrected chi connectivity index (χ0v) is 20.7. The zero-order valence-electron chi connectivity index (χ0n) is 20.7. The van der Waals surface area contributed by atoms with Crippen molar-refractivity contribution in [2.45, 2.75) is 148 Å². The summed E-state index contributed by atoms with van der Waals surface area (Å²) >= 11 is 0. The normalized spacial score (nSPS) is 11.8. The number of hydrogen-bond acceptors (Lipinski definition) is 1. The van der Waals surface area contributed by atoms with Gasteiger partial charge in [0.25, 0.3) is 0 Å². The van der Waals surface area contributed by atoms with Gasteiger partial charge in [-0.2, -0.15) is 0 Å². The van der Waals surface area contributed by atoms with E-state index in [9.17, 15) is 5.11 Å². The summed E-state index contributed by atoms with van der Waals surface area (Å²) < 4.78 is 0. The first kappa shape index (κ1) is 27.1. The highest BCUT2D eigenvalue weighted by atomic mass is 16.3. The molecule has 1 heteroatoms. The Morgan fingerprint density at radius 3 is 1.37 bits per heavy atom. The van der Waals surface area contributed by atoms with Crippen LogP contribution in [0.3, 0.4) is 0 Å². The number of aromatic hydroxyl groups is 1. The van der Waals surface area contributed by atoms with Gasteiger partial charge in [0.05, 0.1) is 0 Å². The fourth-order valence-electron chi connectivity index (χ4n) is 5.05. The van der Waals surface area contributed by atoms with E-state index in [1.54, 1.807) is 0 Å². The summed E-state index contributed by atoms with van der Waals surface area (Å²) in [5, 5.41) is 10.6. The molecule has 1 aromatic rings. The molecule has 1 nitrogen and oxygen atoms in total. The van der Waals surface area contributed by atoms with Crippen LogP contribution >= 0.6 is 0 Å². The van der Waals surface area contributed by atoms with Gasteiger partial charge in [-0.1, -0.05) is 142 Å². The molecule has 0 aliphatic carbocycles. The molecule has 1 rings (SSSR count). The Bertz CT molecular complexity index is 487. The predicted molar refractivity (Wildman–Crippen MR) is 135 cm³/mol. The Labute approximate surface area is 189 Å². The highest BCUT2D eigenvalue weighted by Gasteiger charge is 2.31. The molecular formula is C29H52O. The van der Waals surface area contributed by atoms with Crippen molar-refractivity contribution in [2.24, 2.45) is 0 Å². The van der Waals surface area contributed by atoms with Gasteiger partial charge in [-0.3, -0.25) is 0 Å². The highest BCUT2D eigenvalue weighted by molar-refractivity contribution is 5.38. The van der Waals surface area contributed by atoms with E-state index in [-0.39, 0.29) is 5.41 Å². The third kappa shape index (κ3) is 10.9. The molecule has 174 valence electrons. The molecule has 0 spiro atoms. The number of phenolic OH excluding ortho intramolecular Hbond substituents is 1. The molecule has 1 aromatic carbocycles. The van der Waals surface area contributed by atoms with Crippen LogP contribution in [0.1, 0.15) is 148 Å². The fourth-order valence-corrected chi connectivity index (χ4v) is 5.05. The second-order valence-corrected chi connectivity index (χ2v) is 9.60. The molecule has 0 amide bonds. The lowest BCUT2D eigenvalue weighted by Crippen LogP contribution is -2.25. The van der Waals surface area contributed by atoms with Gasteiger partial charge in [0.1, 0.15) is 5.75 Å². The van der Waals surface area contributed by atoms with Crippen LogP contribution in [0.25, 0.3) is 0 Å². The van der Waals surface area contributed by atoms with Crippen LogP contribution in [-0.2, 0) is 5.41 Å². The van der Waals surface area contributed by atoms with E-state index in [2.05, 4.69) is 32.9 Å². The molecule has 0 saturated carbocycles. The van der Waals surface area contributed by atoms with E-state index in [4.69, 9.17) is 0 Å². The molecule has 0 fully saturated rings. The molecule has 0 unspecified atom stereocenters. The molecule has 0 atom stereocenters. The topological polar surface area (TPSA) is 20.2 Å². The van der Waals surface area contributed by atoms with E-state index >= 15 is 0 Å². The molecule has 0 saturated heterocycles. The summed E-state index contributed by atoms with van der Waals surface area (Å²) in [4.78, 5) is 0. The first-order valence-corrected chi connectivity index (χ1v) is 13.5. The Morgan fingerprint density at radius 1 is 0.567 bits per heavy atom. The SMILES string of the molecule is CCCCCCCCCCC(CC)(CCCCCCCCCC)c1ccccc1O. The molecule has 1 N–H and O–H groups in total. The van der Waals surface area contributed by atoms with Crippen molar-refractivity contribution >= 4 is 0 Å². The Morgan fingerprint density at radius 2 is 0.967 bits per heavy atom. The maximum Gasteiger partial charge on any atom is 0.119 e. The largest absolute Gasteiger partial charge is 0.508 e. The predicted octanol–water partition coefficient (Wildman–Crippen LogP) is 10.1. The quantitative estimate of drug-likeness (QED) is 0.210. The maximum atomic E-state index is 10.6. The van der Waals surface area contributed by atoms with Gasteiger partial charge in [0, 0.05) is 5.56 Å². The van der Waals surface area contributed by atoms with Crippen LogP contribution in [-0.4, -0.2) is 5.11 Å². The van der Waals surface area contributed by atoms with Crippen LogP contribution in [0.5, 0.6) is 5.75 Å². The summed E-state index contributed by atoms with van der Waals surface area (Å²) in [5.41, 5.74) is 1.37. The molecule has 0 aliphatic heterocycles. The van der Waals surface area contributed by atoms with Crippen molar-refractivity contribution in [3.63, 3.8) is 0 Å². The minimum atomic E-state index is 0.162. The van der Waals surface area contributed by atoms with Gasteiger partial charge in [0.15, 0.2) is 0 Å². The van der Waals surface area contributed by atoms with E-state index in [0.717, 1.165) is 6.42 Å². The molecule has 30 heavy (non-hydrogen) atoms. The van der Waals surface area contributed by atoms with Crippen molar-refractivity contribution in [1.29, 1.82) is 0 Å². The number of para-hydroxylation sites is 1. The number of phenols is 1. The van der Waals surface area contributed by atoms with Gasteiger partial charge in [-0.05, 0) is 30.7 Å². The average molecular weight is 417 g/mol. The standard InChI is InChI=1S/C29H52O/c1-4-7-9-11-13-15-17-21-25-29(6-3,27-23-19-20-24-28(27)30)26-22-18-16-14-12-10-8-5-2/h19-20,23-24,30H,4-18,21-22,25-26H2,1-3H3. The second kappa shape index (κ2) is 17.7. The number of unbranched alkanes of at least 4 members (excludes halogenated alkanes) is 14. The van der Waals surface area contributed by atoms with E-state index in [1.165, 1.54) is 121 Å². The van der Waals surface area contributed by atoms with Crippen LogP contribution in [0.15, 0.2) is 24.3 Å². The molecule has 0 aliphatic rings. The molecular weight excluding hydrogens is 364 g/mol. The van der Waals surface area contributed by atoms with Crippen LogP contribution < -0.4 is 0 Å². The van der Waals surface area contributed by atoms with Crippen LogP contribution in [0.4, 0.5) is 0 Å². The van der Waals surface area contributed by atoms with Crippen molar-refractivity contribution in [3.05, 3.63) is 29.8 Å². The first-order valence-electron chi connectivity index (χ1n) is 13.5. The summed E-state index contributed by atoms with van der Waals surface area (Å²) in [6.07, 6.45) is 25.5. The summed E-state index contributed by atoms with van der Waals surface area (Å²) in [7, 11) is 0. The van der Waals surface area contributed by atoms with Gasteiger partial charge >= 0.3 is 0 Å². The van der Waals surface area contributed by atoms with E-state index < -0.39 is 0 Å². The average Bonchev–Trinajstić information content (AvgIpc) is 2.76. The molecule has 0 bridgehead atoms. The smallest absolute Gasteiger partial charge is 0.119 e. The number of hydrogen-bond donors (Lipinski definition) is 1. The lowest BCUT2D eigenvalue weighted by molar-refractivity contribution is 0.309. The first-order chi connectivity index (χ1) is 14.7. The number of rotatable bonds is 20. The molecule has 0 aromatic heterocycles. The number of benzene rings is 1. The van der Waals surface area contributed by atoms with Gasteiger partial charge in [0.2, 0.25) is 0 Å². The maximum absolute atomic E-state index is 10.6. The van der Waals surface area contributed by atoms with Gasteiger partial charge < -0.3 is 5.11 Å². The van der Waals surface area contributed by atoms with E-state index in [0.29, 0.717) is 5.75 Å². The monoisotopic (exact) mass is 416 g/mol. The summed E-state index contributed by atoms with van der Waals surface area (Å²) in [6, 6.07) is 8.16. The lowest BCUT2D eigenvalue weighted by Gasteiger charge is -2.34.